The summed E-state index contributed by atoms with van der Waals surface area (Å²) in [4.78, 5) is 19.7. The molecule has 1 amide bonds. The molecule has 0 bridgehead atoms. The van der Waals surface area contributed by atoms with Gasteiger partial charge in [0, 0.05) is 28.1 Å². The molecule has 1 aromatic carbocycles. The van der Waals surface area contributed by atoms with Gasteiger partial charge in [-0.25, -0.2) is 4.98 Å². The number of hydrazine groups is 1. The van der Waals surface area contributed by atoms with E-state index in [-0.39, 0.29) is 17.6 Å². The Kier molecular flexibility index (Phi) is 6.76. The highest BCUT2D eigenvalue weighted by Gasteiger charge is 2.06. The number of ether oxygens (including phenoxy) is 1. The third-order valence-corrected chi connectivity index (χ3v) is 4.23. The van der Waals surface area contributed by atoms with Crippen molar-refractivity contribution in [2.75, 3.05) is 18.3 Å². The number of amides is 1. The number of nitrogens with zero attached hydrogens (tertiary/aromatic N) is 2. The zero-order chi connectivity index (χ0) is 16.7. The van der Waals surface area contributed by atoms with E-state index in [4.69, 9.17) is 27.9 Å². The van der Waals surface area contributed by atoms with E-state index in [1.54, 1.807) is 18.2 Å². The summed E-state index contributed by atoms with van der Waals surface area (Å²) < 4.78 is 4.97. The summed E-state index contributed by atoms with van der Waals surface area (Å²) in [6.45, 7) is 0. The minimum absolute atomic E-state index is 0.202. The molecule has 1 aromatic heterocycles. The van der Waals surface area contributed by atoms with E-state index in [0.29, 0.717) is 21.7 Å². The molecule has 0 saturated carbocycles. The second-order valence-corrected chi connectivity index (χ2v) is 6.15. The van der Waals surface area contributed by atoms with Gasteiger partial charge in [-0.2, -0.15) is 4.98 Å². The largest absolute Gasteiger partial charge is 0.481 e. The van der Waals surface area contributed by atoms with Gasteiger partial charge >= 0.3 is 0 Å². The van der Waals surface area contributed by atoms with Crippen LogP contribution in [0.25, 0.3) is 0 Å². The van der Waals surface area contributed by atoms with Crippen LogP contribution in [-0.4, -0.2) is 28.7 Å². The Hall–Kier alpha value is -1.70. The molecule has 122 valence electrons. The standard InChI is InChI=1S/C14H14Cl2N4O2S/c1-22-13-4-5-17-14(18-13)20-19-12(21)8-23-7-9-2-3-10(15)6-11(9)16/h2-6H,7-8H2,1H3,(H,19,21)(H,17,18,20). The highest BCUT2D eigenvalue weighted by Crippen LogP contribution is 2.24. The second-order valence-electron chi connectivity index (χ2n) is 4.32. The van der Waals surface area contributed by atoms with Crippen molar-refractivity contribution in [2.24, 2.45) is 0 Å². The van der Waals surface area contributed by atoms with Crippen molar-refractivity contribution in [3.63, 3.8) is 0 Å². The Morgan fingerprint density at radius 3 is 2.91 bits per heavy atom. The molecule has 0 aliphatic heterocycles. The minimum Gasteiger partial charge on any atom is -0.481 e. The Morgan fingerprint density at radius 2 is 2.17 bits per heavy atom. The second kappa shape index (κ2) is 8.81. The number of thioether (sulfide) groups is 1. The average Bonchev–Trinajstić information content (AvgIpc) is 2.55. The summed E-state index contributed by atoms with van der Waals surface area (Å²) >= 11 is 13.3. The number of rotatable bonds is 7. The number of benzene rings is 1. The molecular weight excluding hydrogens is 359 g/mol. The van der Waals surface area contributed by atoms with Gasteiger partial charge in [0.2, 0.25) is 17.7 Å². The van der Waals surface area contributed by atoms with E-state index >= 15 is 0 Å². The molecule has 2 aromatic rings. The lowest BCUT2D eigenvalue weighted by molar-refractivity contribution is -0.118. The van der Waals surface area contributed by atoms with Crippen molar-refractivity contribution in [1.82, 2.24) is 15.4 Å². The predicted molar refractivity (Wildman–Crippen MR) is 93.0 cm³/mol. The maximum atomic E-state index is 11.8. The Balaban J connectivity index is 1.74. The molecule has 0 aliphatic carbocycles. The smallest absolute Gasteiger partial charge is 0.248 e. The summed E-state index contributed by atoms with van der Waals surface area (Å²) in [5, 5.41) is 1.18. The third kappa shape index (κ3) is 5.78. The molecule has 9 heteroatoms. The molecule has 2 rings (SSSR count). The van der Waals surface area contributed by atoms with Crippen LogP contribution in [0.4, 0.5) is 5.95 Å². The number of aromatic nitrogens is 2. The number of methoxy groups -OCH3 is 1. The molecule has 2 N–H and O–H groups in total. The van der Waals surface area contributed by atoms with Gasteiger partial charge in [-0.15, -0.1) is 11.8 Å². The van der Waals surface area contributed by atoms with Crippen molar-refractivity contribution in [2.45, 2.75) is 5.75 Å². The fraction of sp³-hybridized carbons (Fsp3) is 0.214. The van der Waals surface area contributed by atoms with Crippen molar-refractivity contribution < 1.29 is 9.53 Å². The van der Waals surface area contributed by atoms with Crippen LogP contribution in [0, 0.1) is 0 Å². The van der Waals surface area contributed by atoms with Gasteiger partial charge in [0.15, 0.2) is 0 Å². The van der Waals surface area contributed by atoms with Gasteiger partial charge < -0.3 is 4.74 Å². The number of carbonyl (C=O) groups is 1. The van der Waals surface area contributed by atoms with Crippen LogP contribution in [0.3, 0.4) is 0 Å². The lowest BCUT2D eigenvalue weighted by Gasteiger charge is -2.08. The van der Waals surface area contributed by atoms with Crippen LogP contribution < -0.4 is 15.6 Å². The van der Waals surface area contributed by atoms with Crippen LogP contribution in [0.1, 0.15) is 5.56 Å². The molecule has 0 spiro atoms. The summed E-state index contributed by atoms with van der Waals surface area (Å²) in [6.07, 6.45) is 1.53. The lowest BCUT2D eigenvalue weighted by atomic mass is 10.2. The number of hydrogen-bond acceptors (Lipinski definition) is 6. The van der Waals surface area contributed by atoms with Crippen molar-refractivity contribution >= 4 is 46.8 Å². The highest BCUT2D eigenvalue weighted by molar-refractivity contribution is 7.99. The van der Waals surface area contributed by atoms with E-state index < -0.39 is 0 Å². The maximum Gasteiger partial charge on any atom is 0.248 e. The van der Waals surface area contributed by atoms with E-state index in [9.17, 15) is 4.79 Å². The summed E-state index contributed by atoms with van der Waals surface area (Å²) in [5.41, 5.74) is 6.07. The van der Waals surface area contributed by atoms with Crippen LogP contribution in [0.2, 0.25) is 10.0 Å². The quantitative estimate of drug-likeness (QED) is 0.726. The highest BCUT2D eigenvalue weighted by atomic mass is 35.5. The molecule has 6 nitrogen and oxygen atoms in total. The first-order valence-corrected chi connectivity index (χ1v) is 8.43. The fourth-order valence-electron chi connectivity index (χ4n) is 1.57. The predicted octanol–water partition coefficient (Wildman–Crippen LogP) is 3.17. The molecule has 0 fully saturated rings. The topological polar surface area (TPSA) is 76.1 Å². The zero-order valence-electron chi connectivity index (χ0n) is 12.2. The Morgan fingerprint density at radius 1 is 1.35 bits per heavy atom. The van der Waals surface area contributed by atoms with Gasteiger partial charge in [-0.05, 0) is 17.7 Å². The number of nitrogens with one attached hydrogen (secondary N) is 2. The van der Waals surface area contributed by atoms with Crippen LogP contribution in [0.5, 0.6) is 5.88 Å². The molecule has 0 unspecified atom stereocenters. The van der Waals surface area contributed by atoms with Crippen LogP contribution in [-0.2, 0) is 10.5 Å². The van der Waals surface area contributed by atoms with Gasteiger partial charge in [0.25, 0.3) is 0 Å². The number of hydrogen-bond donors (Lipinski definition) is 2. The molecule has 0 aliphatic rings. The first-order valence-electron chi connectivity index (χ1n) is 6.52. The number of carbonyl (C=O) groups excluding carboxylic acids is 1. The van der Waals surface area contributed by atoms with Crippen molar-refractivity contribution in [3.05, 3.63) is 46.1 Å². The molecule has 0 radical (unpaired) electrons. The van der Waals surface area contributed by atoms with E-state index in [0.717, 1.165) is 5.56 Å². The Labute approximate surface area is 147 Å². The van der Waals surface area contributed by atoms with E-state index in [1.807, 2.05) is 6.07 Å². The summed E-state index contributed by atoms with van der Waals surface area (Å²) in [5.74, 6) is 1.33. The first-order chi connectivity index (χ1) is 11.1. The fourth-order valence-corrected chi connectivity index (χ4v) is 2.96. The van der Waals surface area contributed by atoms with E-state index in [2.05, 4.69) is 20.8 Å². The molecule has 1 heterocycles. The molecule has 0 atom stereocenters. The zero-order valence-corrected chi connectivity index (χ0v) is 14.5. The summed E-state index contributed by atoms with van der Waals surface area (Å²) in [6, 6.07) is 6.91. The van der Waals surface area contributed by atoms with Gasteiger partial charge in [0.1, 0.15) is 0 Å². The lowest BCUT2D eigenvalue weighted by Crippen LogP contribution is -2.31. The number of anilines is 1. The van der Waals surface area contributed by atoms with Gasteiger partial charge in [-0.1, -0.05) is 29.3 Å². The normalized spacial score (nSPS) is 10.2. The van der Waals surface area contributed by atoms with Crippen LogP contribution >= 0.6 is 35.0 Å². The average molecular weight is 373 g/mol. The Bertz CT molecular complexity index is 688. The molecular formula is C14H14Cl2N4O2S. The van der Waals surface area contributed by atoms with Crippen LogP contribution in [0.15, 0.2) is 30.5 Å². The number of halogens is 2. The summed E-state index contributed by atoms with van der Waals surface area (Å²) in [7, 11) is 1.50. The SMILES string of the molecule is COc1ccnc(NNC(=O)CSCc2ccc(Cl)cc2Cl)n1. The van der Waals surface area contributed by atoms with Gasteiger partial charge in [0.05, 0.1) is 12.9 Å². The van der Waals surface area contributed by atoms with Crippen molar-refractivity contribution in [1.29, 1.82) is 0 Å². The van der Waals surface area contributed by atoms with Gasteiger partial charge in [-0.3, -0.25) is 15.6 Å². The maximum absolute atomic E-state index is 11.8. The molecule has 23 heavy (non-hydrogen) atoms. The molecule has 0 saturated heterocycles. The van der Waals surface area contributed by atoms with E-state index in [1.165, 1.54) is 25.1 Å². The minimum atomic E-state index is -0.202. The third-order valence-electron chi connectivity index (χ3n) is 2.66. The monoisotopic (exact) mass is 372 g/mol. The first kappa shape index (κ1) is 17.7. The van der Waals surface area contributed by atoms with Crippen molar-refractivity contribution in [3.8, 4) is 5.88 Å².